The molecule has 14 heavy (non-hydrogen) atoms. The zero-order chi connectivity index (χ0) is 13.3. The van der Waals surface area contributed by atoms with Gasteiger partial charge in [0, 0.05) is 12.0 Å². The highest BCUT2D eigenvalue weighted by atomic mass is 35.5. The molecule has 1 rings (SSSR count). The number of aliphatic carboxylic acids is 1. The summed E-state index contributed by atoms with van der Waals surface area (Å²) in [5.74, 6) is -3.36. The second-order valence-corrected chi connectivity index (χ2v) is 2.54. The van der Waals surface area contributed by atoms with Crippen LogP contribution in [0.15, 0.2) is 18.1 Å². The molecule has 0 amide bonds. The Bertz CT molecular complexity index is 580. The summed E-state index contributed by atoms with van der Waals surface area (Å²) in [6, 6.07) is -2.14. The Labute approximate surface area is 88.8 Å². The molecule has 0 bridgehead atoms. The number of rotatable bonds is 2. The second-order valence-electron chi connectivity index (χ2n) is 2.16. The zero-order valence-corrected chi connectivity index (χ0v) is 7.34. The lowest BCUT2D eigenvalue weighted by atomic mass is 10.2. The molecule has 0 spiro atoms. The summed E-state index contributed by atoms with van der Waals surface area (Å²) in [6.07, 6.45) is 0. The normalized spacial score (nSPS) is 12.1. The predicted molar refractivity (Wildman–Crippen MR) is 49.7 cm³/mol. The molecule has 0 unspecified atom stereocenters. The van der Waals surface area contributed by atoms with Crippen LogP contribution in [-0.4, -0.2) is 16.9 Å². The summed E-state index contributed by atoms with van der Waals surface area (Å²) >= 11 is 5.56. The van der Waals surface area contributed by atoms with Crippen molar-refractivity contribution in [3.05, 3.63) is 40.1 Å². The molecule has 0 aliphatic rings. The average molecular weight is 215 g/mol. The Hall–Kier alpha value is -1.86. The number of nitrogens with zero attached hydrogens (tertiary/aromatic N) is 1. The third-order valence-corrected chi connectivity index (χ3v) is 1.56. The van der Waals surface area contributed by atoms with Crippen LogP contribution in [0.25, 0.3) is 4.85 Å². The maximum absolute atomic E-state index is 11.2. The highest BCUT2D eigenvalue weighted by Crippen LogP contribution is 2.25. The van der Waals surface area contributed by atoms with Gasteiger partial charge in [-0.15, -0.1) is 0 Å². The molecule has 0 aliphatic heterocycles. The maximum atomic E-state index is 11.2. The molecule has 70 valence electrons. The van der Waals surface area contributed by atoms with Crippen LogP contribution in [0, 0.1) is 6.57 Å². The molecule has 0 aromatic heterocycles. The molecule has 0 saturated carbocycles. The summed E-state index contributed by atoms with van der Waals surface area (Å²) in [4.78, 5) is 24.6. The van der Waals surface area contributed by atoms with Gasteiger partial charge in [-0.25, -0.2) is 9.64 Å². The number of carbonyl (C=O) groups excluding carboxylic acids is 1. The van der Waals surface area contributed by atoms with Crippen LogP contribution in [0.4, 0.5) is 5.69 Å². The third kappa shape index (κ3) is 1.90. The lowest BCUT2D eigenvalue weighted by molar-refractivity contribution is -0.131. The van der Waals surface area contributed by atoms with Crippen molar-refractivity contribution in [3.63, 3.8) is 0 Å². The van der Waals surface area contributed by atoms with Crippen molar-refractivity contribution >= 4 is 29.0 Å². The summed E-state index contributed by atoms with van der Waals surface area (Å²) in [6.45, 7) is 6.75. The molecule has 1 N–H and O–H groups in total. The van der Waals surface area contributed by atoms with Gasteiger partial charge in [0.15, 0.2) is 0 Å². The van der Waals surface area contributed by atoms with Gasteiger partial charge in [0.05, 0.1) is 9.31 Å². The largest absolute Gasteiger partial charge is 0.475 e. The van der Waals surface area contributed by atoms with Gasteiger partial charge in [-0.3, -0.25) is 4.79 Å². The standard InChI is InChI=1S/C9H4ClNO3/c1-11-7-4-5(2-3-6(7)10)8(12)9(13)14/h2-4H,(H,13,14)/i2D,3D,4D,8+1,9+1. The first kappa shape index (κ1) is 6.57. The van der Waals surface area contributed by atoms with Gasteiger partial charge in [0.2, 0.25) is 5.69 Å². The SMILES string of the molecule is [2H]c1c([2H])c([13C](=O)[13C](=O)O)c([2H])c([N+]#[C-])c1Cl. The van der Waals surface area contributed by atoms with Gasteiger partial charge in [0.25, 0.3) is 5.78 Å². The fourth-order valence-electron chi connectivity index (χ4n) is 0.679. The van der Waals surface area contributed by atoms with Crippen molar-refractivity contribution in [2.75, 3.05) is 0 Å². The Morgan fingerprint density at radius 3 is 2.71 bits per heavy atom. The summed E-state index contributed by atoms with van der Waals surface area (Å²) in [7, 11) is 0. The van der Waals surface area contributed by atoms with Crippen LogP contribution in [0.1, 0.15) is 14.5 Å². The number of hydrogen-bond acceptors (Lipinski definition) is 2. The Balaban J connectivity index is 3.75. The fourth-order valence-corrected chi connectivity index (χ4v) is 0.815. The fraction of sp³-hybridized carbons (Fsp3) is 0. The van der Waals surface area contributed by atoms with Gasteiger partial charge in [-0.05, 0) is 6.04 Å². The maximum Gasteiger partial charge on any atom is 0.377 e. The van der Waals surface area contributed by atoms with E-state index < -0.39 is 46.2 Å². The van der Waals surface area contributed by atoms with Crippen LogP contribution in [-0.2, 0) is 4.79 Å². The molecule has 1 aromatic rings. The molecule has 5 heteroatoms. The van der Waals surface area contributed by atoms with E-state index in [0.717, 1.165) is 0 Å². The molecule has 0 atom stereocenters. The number of Topliss-reactive ketones (excluding diaryl/α,β-unsaturated/α-hetero) is 1. The summed E-state index contributed by atoms with van der Waals surface area (Å²) in [5.41, 5.74) is -1.30. The van der Waals surface area contributed by atoms with E-state index in [2.05, 4.69) is 4.85 Å². The Kier molecular flexibility index (Phi) is 1.83. The number of carboxylic acid groups (broad SMARTS) is 1. The number of carbonyl (C=O) groups is 2. The molecule has 1 aromatic carbocycles. The first-order valence-corrected chi connectivity index (χ1v) is 3.65. The van der Waals surface area contributed by atoms with Crippen molar-refractivity contribution in [2.45, 2.75) is 0 Å². The molecule has 0 aliphatic carbocycles. The van der Waals surface area contributed by atoms with E-state index in [0.29, 0.717) is 0 Å². The van der Waals surface area contributed by atoms with Crippen LogP contribution < -0.4 is 0 Å². The minimum absolute atomic E-state index is 0.433. The van der Waals surface area contributed by atoms with Gasteiger partial charge in [-0.1, -0.05) is 23.7 Å². The Morgan fingerprint density at radius 2 is 2.21 bits per heavy atom. The van der Waals surface area contributed by atoms with Crippen molar-refractivity contribution in [1.82, 2.24) is 0 Å². The van der Waals surface area contributed by atoms with Crippen LogP contribution in [0.3, 0.4) is 0 Å². The summed E-state index contributed by atoms with van der Waals surface area (Å²) < 4.78 is 22.2. The zero-order valence-electron chi connectivity index (χ0n) is 9.59. The van der Waals surface area contributed by atoms with Crippen LogP contribution in [0.2, 0.25) is 5.02 Å². The number of carboxylic acids is 1. The van der Waals surface area contributed by atoms with Gasteiger partial charge in [-0.2, -0.15) is 0 Å². The van der Waals surface area contributed by atoms with Crippen molar-refractivity contribution in [3.8, 4) is 0 Å². The predicted octanol–water partition coefficient (Wildman–Crippen LogP) is 2.16. The molecule has 0 saturated heterocycles. The molecule has 4 nitrogen and oxygen atoms in total. The lowest BCUT2D eigenvalue weighted by Crippen LogP contribution is -2.12. The average Bonchev–Trinajstić information content (AvgIpc) is 2.27. The molecular formula is C9H4ClNO3. The molecular weight excluding hydrogens is 208 g/mol. The molecule has 0 fully saturated rings. The Morgan fingerprint density at radius 1 is 1.57 bits per heavy atom. The van der Waals surface area contributed by atoms with E-state index in [1.165, 1.54) is 0 Å². The van der Waals surface area contributed by atoms with Crippen molar-refractivity contribution < 1.29 is 18.8 Å². The minimum Gasteiger partial charge on any atom is -0.475 e. The van der Waals surface area contributed by atoms with E-state index in [4.69, 9.17) is 27.4 Å². The lowest BCUT2D eigenvalue weighted by Gasteiger charge is -1.98. The van der Waals surface area contributed by atoms with Crippen LogP contribution >= 0.6 is 11.6 Å². The highest BCUT2D eigenvalue weighted by Gasteiger charge is 2.15. The second kappa shape index (κ2) is 3.90. The quantitative estimate of drug-likeness (QED) is 0.355. The number of ketones is 1. The van der Waals surface area contributed by atoms with Crippen molar-refractivity contribution in [2.24, 2.45) is 0 Å². The number of hydrogen-bond donors (Lipinski definition) is 1. The highest BCUT2D eigenvalue weighted by molar-refractivity contribution is 6.40. The first-order chi connectivity index (χ1) is 7.82. The van der Waals surface area contributed by atoms with E-state index in [-0.39, 0.29) is 0 Å². The number of halogens is 1. The first-order valence-electron chi connectivity index (χ1n) is 4.77. The minimum atomic E-state index is -1.86. The van der Waals surface area contributed by atoms with Gasteiger partial charge in [0.1, 0.15) is 0 Å². The van der Waals surface area contributed by atoms with Crippen LogP contribution in [0.5, 0.6) is 0 Å². The van der Waals surface area contributed by atoms with E-state index in [1.54, 1.807) is 0 Å². The van der Waals surface area contributed by atoms with E-state index in [1.807, 2.05) is 0 Å². The topological polar surface area (TPSA) is 58.7 Å². The summed E-state index contributed by atoms with van der Waals surface area (Å²) in [5, 5.41) is 8.09. The molecule has 0 heterocycles. The van der Waals surface area contributed by atoms with E-state index in [9.17, 15) is 9.59 Å². The van der Waals surface area contributed by atoms with Crippen molar-refractivity contribution in [1.29, 1.82) is 0 Å². The third-order valence-electron chi connectivity index (χ3n) is 1.28. The van der Waals surface area contributed by atoms with E-state index >= 15 is 0 Å². The monoisotopic (exact) mass is 214 g/mol. The molecule has 0 radical (unpaired) electrons. The number of benzene rings is 1. The van der Waals surface area contributed by atoms with Gasteiger partial charge >= 0.3 is 5.97 Å². The van der Waals surface area contributed by atoms with Gasteiger partial charge < -0.3 is 5.11 Å². The smallest absolute Gasteiger partial charge is 0.377 e.